The summed E-state index contributed by atoms with van der Waals surface area (Å²) in [6, 6.07) is 13.5. The Morgan fingerprint density at radius 3 is 2.71 bits per heavy atom. The summed E-state index contributed by atoms with van der Waals surface area (Å²) in [6.07, 6.45) is 2.53. The van der Waals surface area contributed by atoms with Crippen molar-refractivity contribution in [1.82, 2.24) is 14.7 Å². The summed E-state index contributed by atoms with van der Waals surface area (Å²) in [4.78, 5) is 16.7. The zero-order valence-corrected chi connectivity index (χ0v) is 15.5. The number of halogens is 2. The number of nitrogens with one attached hydrogen (secondary N) is 1. The Morgan fingerprint density at radius 2 is 2.00 bits per heavy atom. The SMILES string of the molecule is CCC(NCc1cc(=O)n2cc(Cl)ccc2n1)c1ccc(Br)cc1. The quantitative estimate of drug-likeness (QED) is 0.685. The molecule has 24 heavy (non-hydrogen) atoms. The number of aromatic nitrogens is 2. The van der Waals surface area contributed by atoms with E-state index in [1.807, 2.05) is 12.1 Å². The topological polar surface area (TPSA) is 46.4 Å². The van der Waals surface area contributed by atoms with Crippen LogP contribution in [0.15, 0.2) is 57.9 Å². The van der Waals surface area contributed by atoms with Crippen LogP contribution in [0.5, 0.6) is 0 Å². The van der Waals surface area contributed by atoms with Crippen LogP contribution in [0.1, 0.15) is 30.6 Å². The van der Waals surface area contributed by atoms with Gasteiger partial charge in [-0.2, -0.15) is 0 Å². The van der Waals surface area contributed by atoms with Gasteiger partial charge in [-0.05, 0) is 36.2 Å². The minimum atomic E-state index is -0.129. The molecule has 0 amide bonds. The molecule has 1 unspecified atom stereocenters. The van der Waals surface area contributed by atoms with E-state index >= 15 is 0 Å². The Hall–Kier alpha value is -1.69. The molecule has 0 radical (unpaired) electrons. The van der Waals surface area contributed by atoms with Gasteiger partial charge in [-0.15, -0.1) is 0 Å². The van der Waals surface area contributed by atoms with Gasteiger partial charge in [0.2, 0.25) is 0 Å². The molecule has 0 aliphatic carbocycles. The third kappa shape index (κ3) is 3.86. The van der Waals surface area contributed by atoms with Gasteiger partial charge < -0.3 is 5.32 Å². The molecule has 0 aliphatic heterocycles. The van der Waals surface area contributed by atoms with Crippen molar-refractivity contribution in [2.75, 3.05) is 0 Å². The average Bonchev–Trinajstić information content (AvgIpc) is 2.57. The van der Waals surface area contributed by atoms with Crippen LogP contribution in [0.4, 0.5) is 0 Å². The smallest absolute Gasteiger partial charge is 0.258 e. The fourth-order valence-electron chi connectivity index (χ4n) is 2.64. The van der Waals surface area contributed by atoms with Crippen LogP contribution in [-0.2, 0) is 6.54 Å². The molecular weight excluding hydrogens is 390 g/mol. The maximum absolute atomic E-state index is 12.2. The Kier molecular flexibility index (Phi) is 5.33. The molecule has 0 saturated carbocycles. The van der Waals surface area contributed by atoms with E-state index in [2.05, 4.69) is 45.3 Å². The lowest BCUT2D eigenvalue weighted by Gasteiger charge is -2.17. The largest absolute Gasteiger partial charge is 0.304 e. The van der Waals surface area contributed by atoms with Gasteiger partial charge in [-0.3, -0.25) is 9.20 Å². The Morgan fingerprint density at radius 1 is 1.25 bits per heavy atom. The normalized spacial score (nSPS) is 12.5. The molecule has 4 nitrogen and oxygen atoms in total. The molecule has 3 aromatic rings. The van der Waals surface area contributed by atoms with Gasteiger partial charge in [0.1, 0.15) is 5.65 Å². The van der Waals surface area contributed by atoms with E-state index < -0.39 is 0 Å². The second-order valence-corrected chi connectivity index (χ2v) is 6.91. The first-order valence-electron chi connectivity index (χ1n) is 7.73. The van der Waals surface area contributed by atoms with E-state index in [0.29, 0.717) is 17.2 Å². The summed E-state index contributed by atoms with van der Waals surface area (Å²) in [7, 11) is 0. The highest BCUT2D eigenvalue weighted by Gasteiger charge is 2.10. The summed E-state index contributed by atoms with van der Waals surface area (Å²) in [5, 5.41) is 3.99. The molecule has 0 aliphatic rings. The first-order valence-corrected chi connectivity index (χ1v) is 8.90. The highest BCUT2D eigenvalue weighted by Crippen LogP contribution is 2.19. The molecule has 0 fully saturated rings. The second kappa shape index (κ2) is 7.47. The number of nitrogens with zero attached hydrogens (tertiary/aromatic N) is 2. The molecule has 1 atom stereocenters. The van der Waals surface area contributed by atoms with Crippen LogP contribution < -0.4 is 10.9 Å². The lowest BCUT2D eigenvalue weighted by Crippen LogP contribution is -2.23. The fraction of sp³-hybridized carbons (Fsp3) is 0.222. The molecule has 124 valence electrons. The van der Waals surface area contributed by atoms with Crippen molar-refractivity contribution in [2.24, 2.45) is 0 Å². The summed E-state index contributed by atoms with van der Waals surface area (Å²) in [5.41, 5.74) is 2.40. The van der Waals surface area contributed by atoms with E-state index in [1.165, 1.54) is 9.96 Å². The summed E-state index contributed by atoms with van der Waals surface area (Å²) < 4.78 is 2.52. The van der Waals surface area contributed by atoms with Crippen molar-refractivity contribution in [3.8, 4) is 0 Å². The monoisotopic (exact) mass is 405 g/mol. The highest BCUT2D eigenvalue weighted by molar-refractivity contribution is 9.10. The Balaban J connectivity index is 1.80. The molecule has 2 heterocycles. The van der Waals surface area contributed by atoms with E-state index in [1.54, 1.807) is 24.4 Å². The number of rotatable bonds is 5. The lowest BCUT2D eigenvalue weighted by atomic mass is 10.0. The molecule has 1 aromatic carbocycles. The van der Waals surface area contributed by atoms with Gasteiger partial charge in [0.05, 0.1) is 10.7 Å². The maximum Gasteiger partial charge on any atom is 0.258 e. The Bertz CT molecular complexity index is 908. The summed E-state index contributed by atoms with van der Waals surface area (Å²) in [6.45, 7) is 2.66. The third-order valence-corrected chi connectivity index (χ3v) is 4.64. The van der Waals surface area contributed by atoms with E-state index in [9.17, 15) is 4.79 Å². The number of fused-ring (bicyclic) bond motifs is 1. The average molecular weight is 407 g/mol. The van der Waals surface area contributed by atoms with Gasteiger partial charge in [-0.25, -0.2) is 4.98 Å². The predicted octanol–water partition coefficient (Wildman–Crippen LogP) is 4.35. The predicted molar refractivity (Wildman–Crippen MR) is 100 cm³/mol. The molecule has 6 heteroatoms. The van der Waals surface area contributed by atoms with Gasteiger partial charge in [0, 0.05) is 29.3 Å². The van der Waals surface area contributed by atoms with Gasteiger partial charge in [-0.1, -0.05) is 46.6 Å². The zero-order chi connectivity index (χ0) is 17.1. The second-order valence-electron chi connectivity index (χ2n) is 5.55. The number of benzene rings is 1. The number of hydrogen-bond donors (Lipinski definition) is 1. The molecule has 1 N–H and O–H groups in total. The lowest BCUT2D eigenvalue weighted by molar-refractivity contribution is 0.514. The minimum absolute atomic E-state index is 0.129. The molecule has 0 bridgehead atoms. The van der Waals surface area contributed by atoms with Crippen LogP contribution in [0.25, 0.3) is 5.65 Å². The minimum Gasteiger partial charge on any atom is -0.304 e. The Labute approximate surface area is 153 Å². The van der Waals surface area contributed by atoms with Crippen molar-refractivity contribution in [2.45, 2.75) is 25.9 Å². The van der Waals surface area contributed by atoms with Gasteiger partial charge in [0.15, 0.2) is 0 Å². The van der Waals surface area contributed by atoms with Crippen molar-refractivity contribution in [3.05, 3.63) is 79.8 Å². The first kappa shape index (κ1) is 17.1. The van der Waals surface area contributed by atoms with Crippen molar-refractivity contribution in [3.63, 3.8) is 0 Å². The first-order chi connectivity index (χ1) is 11.6. The van der Waals surface area contributed by atoms with E-state index in [4.69, 9.17) is 11.6 Å². The fourth-order valence-corrected chi connectivity index (χ4v) is 3.06. The van der Waals surface area contributed by atoms with Crippen LogP contribution in [0.2, 0.25) is 5.02 Å². The van der Waals surface area contributed by atoms with Crippen molar-refractivity contribution in [1.29, 1.82) is 0 Å². The van der Waals surface area contributed by atoms with Crippen LogP contribution in [-0.4, -0.2) is 9.38 Å². The van der Waals surface area contributed by atoms with Gasteiger partial charge in [0.25, 0.3) is 5.56 Å². The maximum atomic E-state index is 12.2. The van der Waals surface area contributed by atoms with Crippen LogP contribution in [0, 0.1) is 0 Å². The highest BCUT2D eigenvalue weighted by atomic mass is 79.9. The van der Waals surface area contributed by atoms with E-state index in [0.717, 1.165) is 16.6 Å². The third-order valence-electron chi connectivity index (χ3n) is 3.89. The van der Waals surface area contributed by atoms with Gasteiger partial charge >= 0.3 is 0 Å². The summed E-state index contributed by atoms with van der Waals surface area (Å²) in [5.74, 6) is 0. The van der Waals surface area contributed by atoms with Crippen molar-refractivity contribution < 1.29 is 0 Å². The molecule has 3 rings (SSSR count). The summed E-state index contributed by atoms with van der Waals surface area (Å²) >= 11 is 9.38. The molecule has 2 aromatic heterocycles. The standard InChI is InChI=1S/C18H17BrClN3O/c1-2-16(12-3-5-13(19)6-4-12)21-10-15-9-18(24)23-11-14(20)7-8-17(23)22-15/h3-9,11,16,21H,2,10H2,1H3. The number of pyridine rings is 1. The molecule has 0 spiro atoms. The number of hydrogen-bond acceptors (Lipinski definition) is 3. The van der Waals surface area contributed by atoms with Crippen LogP contribution >= 0.6 is 27.5 Å². The molecular formula is C18H17BrClN3O. The van der Waals surface area contributed by atoms with Crippen molar-refractivity contribution >= 4 is 33.2 Å². The zero-order valence-electron chi connectivity index (χ0n) is 13.2. The van der Waals surface area contributed by atoms with Crippen LogP contribution in [0.3, 0.4) is 0 Å². The molecule has 0 saturated heterocycles. The van der Waals surface area contributed by atoms with E-state index in [-0.39, 0.29) is 11.6 Å².